The van der Waals surface area contributed by atoms with Crippen molar-refractivity contribution in [1.29, 1.82) is 0 Å². The maximum atomic E-state index is 13.2. The van der Waals surface area contributed by atoms with Crippen molar-refractivity contribution in [3.05, 3.63) is 56.4 Å². The molecule has 1 atom stereocenters. The van der Waals surface area contributed by atoms with Crippen molar-refractivity contribution in [2.75, 3.05) is 19.0 Å². The average Bonchev–Trinajstić information content (AvgIpc) is 3.28. The van der Waals surface area contributed by atoms with Gasteiger partial charge in [0.1, 0.15) is 34.1 Å². The molecular weight excluding hydrogens is 475 g/mol. The first-order valence-electron chi connectivity index (χ1n) is 9.32. The number of hydrogen-bond donors (Lipinski definition) is 1. The van der Waals surface area contributed by atoms with E-state index < -0.39 is 17.3 Å². The molecule has 0 aliphatic carbocycles. The van der Waals surface area contributed by atoms with E-state index in [0.29, 0.717) is 11.2 Å². The Kier molecular flexibility index (Phi) is 5.58. The first-order valence-corrected chi connectivity index (χ1v) is 10.1. The van der Waals surface area contributed by atoms with Crippen LogP contribution in [-0.2, 0) is 22.6 Å². The highest BCUT2D eigenvalue weighted by Gasteiger charge is 2.37. The predicted octanol–water partition coefficient (Wildman–Crippen LogP) is 1.42. The number of nitrogens with zero attached hydrogens (tertiary/aromatic N) is 5. The summed E-state index contributed by atoms with van der Waals surface area (Å²) in [5.74, 6) is -1.24. The summed E-state index contributed by atoms with van der Waals surface area (Å²) in [6.07, 6.45) is 0.984. The van der Waals surface area contributed by atoms with Gasteiger partial charge in [-0.1, -0.05) is 0 Å². The highest BCUT2D eigenvalue weighted by atomic mass is 79.9. The summed E-state index contributed by atoms with van der Waals surface area (Å²) in [5, 5.41) is 6.70. The number of halogens is 2. The van der Waals surface area contributed by atoms with Crippen molar-refractivity contribution in [3.8, 4) is 0 Å². The number of pyridine rings is 1. The van der Waals surface area contributed by atoms with Gasteiger partial charge in [0.05, 0.1) is 31.0 Å². The fourth-order valence-corrected chi connectivity index (χ4v) is 3.94. The Labute approximate surface area is 183 Å². The van der Waals surface area contributed by atoms with Crippen LogP contribution in [0.1, 0.15) is 23.0 Å². The molecule has 1 aliphatic rings. The molecule has 0 saturated heterocycles. The molecule has 12 heteroatoms. The number of fused-ring (bicyclic) bond motifs is 2. The van der Waals surface area contributed by atoms with Crippen LogP contribution in [0.15, 0.2) is 33.8 Å². The van der Waals surface area contributed by atoms with Gasteiger partial charge in [0.15, 0.2) is 0 Å². The van der Waals surface area contributed by atoms with Crippen LogP contribution in [0.4, 0.5) is 10.2 Å². The smallest absolute Gasteiger partial charge is 0.280 e. The maximum absolute atomic E-state index is 13.2. The molecule has 3 aromatic rings. The zero-order chi connectivity index (χ0) is 22.3. The largest absolute Gasteiger partial charge is 0.383 e. The van der Waals surface area contributed by atoms with E-state index in [1.807, 2.05) is 6.92 Å². The third kappa shape index (κ3) is 3.83. The predicted molar refractivity (Wildman–Crippen MR) is 111 cm³/mol. The van der Waals surface area contributed by atoms with Crippen LogP contribution < -0.4 is 10.9 Å². The molecule has 2 amide bonds. The molecule has 31 heavy (non-hydrogen) atoms. The van der Waals surface area contributed by atoms with Crippen LogP contribution in [-0.4, -0.2) is 55.6 Å². The van der Waals surface area contributed by atoms with Crippen molar-refractivity contribution in [2.45, 2.75) is 26.1 Å². The molecule has 0 saturated carbocycles. The fraction of sp³-hybridized carbons (Fsp3) is 0.316. The lowest BCUT2D eigenvalue weighted by Gasteiger charge is -2.23. The average molecular weight is 493 g/mol. The van der Waals surface area contributed by atoms with E-state index >= 15 is 0 Å². The van der Waals surface area contributed by atoms with Crippen LogP contribution in [0.25, 0.3) is 5.65 Å². The van der Waals surface area contributed by atoms with E-state index in [4.69, 9.17) is 4.74 Å². The van der Waals surface area contributed by atoms with Gasteiger partial charge in [-0.15, -0.1) is 0 Å². The number of rotatable bonds is 6. The molecule has 0 fully saturated rings. The first kappa shape index (κ1) is 21.1. The van der Waals surface area contributed by atoms with Crippen LogP contribution in [0.5, 0.6) is 0 Å². The minimum Gasteiger partial charge on any atom is -0.383 e. The number of anilines is 1. The summed E-state index contributed by atoms with van der Waals surface area (Å²) < 4.78 is 21.2. The quantitative estimate of drug-likeness (QED) is 0.557. The molecule has 162 valence electrons. The molecular formula is C19H18BrFN6O4. The number of nitrogens with one attached hydrogen (secondary N) is 1. The molecule has 0 unspecified atom stereocenters. The van der Waals surface area contributed by atoms with Crippen molar-refractivity contribution < 1.29 is 18.7 Å². The molecule has 3 aromatic heterocycles. The maximum Gasteiger partial charge on any atom is 0.280 e. The number of carbonyl (C=O) groups is 2. The van der Waals surface area contributed by atoms with E-state index in [1.54, 1.807) is 6.07 Å². The molecule has 0 bridgehead atoms. The van der Waals surface area contributed by atoms with Gasteiger partial charge in [-0.3, -0.25) is 14.4 Å². The van der Waals surface area contributed by atoms with E-state index in [2.05, 4.69) is 31.3 Å². The van der Waals surface area contributed by atoms with Crippen LogP contribution in [0, 0.1) is 5.82 Å². The van der Waals surface area contributed by atoms with E-state index in [1.165, 1.54) is 28.7 Å². The highest BCUT2D eigenvalue weighted by molar-refractivity contribution is 9.10. The summed E-state index contributed by atoms with van der Waals surface area (Å²) in [7, 11) is 1.53. The van der Waals surface area contributed by atoms with Crippen LogP contribution >= 0.6 is 15.9 Å². The topological polar surface area (TPSA) is 111 Å². The number of hydrogen-bond acceptors (Lipinski definition) is 6. The second-order valence-corrected chi connectivity index (χ2v) is 7.92. The number of amides is 2. The molecule has 4 rings (SSSR count). The van der Waals surface area contributed by atoms with Gasteiger partial charge >= 0.3 is 0 Å². The lowest BCUT2D eigenvalue weighted by Crippen LogP contribution is -2.37. The zero-order valence-electron chi connectivity index (χ0n) is 16.6. The van der Waals surface area contributed by atoms with E-state index in [-0.39, 0.29) is 47.8 Å². The second kappa shape index (κ2) is 8.19. The van der Waals surface area contributed by atoms with Crippen molar-refractivity contribution >= 4 is 39.2 Å². The summed E-state index contributed by atoms with van der Waals surface area (Å²) in [5.41, 5.74) is 0.249. The Bertz CT molecular complexity index is 1240. The van der Waals surface area contributed by atoms with Gasteiger partial charge in [0.25, 0.3) is 11.5 Å². The second-order valence-electron chi connectivity index (χ2n) is 7.10. The lowest BCUT2D eigenvalue weighted by atomic mass is 10.2. The number of ether oxygens (including phenoxy) is 1. The Morgan fingerprint density at radius 2 is 2.16 bits per heavy atom. The molecule has 0 spiro atoms. The minimum atomic E-state index is -0.530. The zero-order valence-corrected chi connectivity index (χ0v) is 18.2. The lowest BCUT2D eigenvalue weighted by molar-refractivity contribution is -0.116. The van der Waals surface area contributed by atoms with Gasteiger partial charge in [0.2, 0.25) is 5.91 Å². The third-order valence-corrected chi connectivity index (χ3v) is 5.36. The van der Waals surface area contributed by atoms with Gasteiger partial charge in [-0.2, -0.15) is 9.61 Å². The summed E-state index contributed by atoms with van der Waals surface area (Å²) >= 11 is 3.24. The van der Waals surface area contributed by atoms with Crippen molar-refractivity contribution in [3.63, 3.8) is 0 Å². The third-order valence-electron chi connectivity index (χ3n) is 4.97. The van der Waals surface area contributed by atoms with Crippen LogP contribution in [0.3, 0.4) is 0 Å². The Hall–Kier alpha value is -3.12. The van der Waals surface area contributed by atoms with Crippen molar-refractivity contribution in [2.24, 2.45) is 0 Å². The molecule has 0 aromatic carbocycles. The van der Waals surface area contributed by atoms with Crippen molar-refractivity contribution in [1.82, 2.24) is 24.1 Å². The summed E-state index contributed by atoms with van der Waals surface area (Å²) in [6, 6.07) is 3.78. The highest BCUT2D eigenvalue weighted by Crippen LogP contribution is 2.25. The Morgan fingerprint density at radius 1 is 1.39 bits per heavy atom. The molecule has 1 aliphatic heterocycles. The minimum absolute atomic E-state index is 0.0894. The standard InChI is InChI=1S/C19H18BrFN6O4/c1-10(9-31-2)25-7-12-17(19(25)30)26(16-5-13(20)24-27(16)18(12)29)8-15(28)23-14-4-3-11(21)6-22-14/h3-6,10H,7-9H2,1-2H3,(H,22,23,28)/t10-/m0/s1. The van der Waals surface area contributed by atoms with Gasteiger partial charge < -0.3 is 19.5 Å². The molecule has 10 nitrogen and oxygen atoms in total. The molecule has 4 heterocycles. The summed E-state index contributed by atoms with van der Waals surface area (Å²) in [4.78, 5) is 44.2. The monoisotopic (exact) mass is 492 g/mol. The molecule has 1 N–H and O–H groups in total. The van der Waals surface area contributed by atoms with Gasteiger partial charge in [0, 0.05) is 13.2 Å². The van der Waals surface area contributed by atoms with Gasteiger partial charge in [-0.25, -0.2) is 9.37 Å². The summed E-state index contributed by atoms with van der Waals surface area (Å²) in [6.45, 7) is 1.93. The number of carbonyl (C=O) groups excluding carboxylic acids is 2. The molecule has 0 radical (unpaired) electrons. The van der Waals surface area contributed by atoms with Crippen LogP contribution in [0.2, 0.25) is 0 Å². The number of methoxy groups -OCH3 is 1. The SMILES string of the molecule is COC[C@H](C)N1Cc2c(n(CC(=O)Nc3ccc(F)cn3)c3cc(Br)nn3c2=O)C1=O. The Balaban J connectivity index is 1.75. The fourth-order valence-electron chi connectivity index (χ4n) is 3.58. The number of aromatic nitrogens is 4. The normalized spacial score (nSPS) is 14.2. The van der Waals surface area contributed by atoms with E-state index in [9.17, 15) is 18.8 Å². The first-order chi connectivity index (χ1) is 14.8. The van der Waals surface area contributed by atoms with Gasteiger partial charge in [-0.05, 0) is 35.0 Å². The van der Waals surface area contributed by atoms with E-state index in [0.717, 1.165) is 10.7 Å². The Morgan fingerprint density at radius 3 is 2.84 bits per heavy atom.